The zero-order valence-corrected chi connectivity index (χ0v) is 12.8. The van der Waals surface area contributed by atoms with E-state index >= 15 is 0 Å². The summed E-state index contributed by atoms with van der Waals surface area (Å²) in [6.07, 6.45) is 2.09. The highest BCUT2D eigenvalue weighted by atomic mass is 35.5. The maximum Gasteiger partial charge on any atom is 0.328 e. The second-order valence-corrected chi connectivity index (χ2v) is 5.44. The summed E-state index contributed by atoms with van der Waals surface area (Å²) < 4.78 is 9.83. The number of hydrogen-bond donors (Lipinski definition) is 1. The van der Waals surface area contributed by atoms with E-state index in [0.29, 0.717) is 17.2 Å². The molecule has 2 rings (SSSR count). The van der Waals surface area contributed by atoms with Crippen LogP contribution in [0.5, 0.6) is 5.75 Å². The molecule has 0 spiro atoms. The number of amides is 1. The standard InChI is InChI=1S/C15H18ClNO4/c1-20-13-6-3-9(7-11(13)16)8-12(15(19)21-2)17-14(18)10-4-5-10/h3,6-7,10,12H,4-5,8H2,1-2H3,(H,17,18)/t12-/m1/s1. The molecule has 1 atom stereocenters. The Morgan fingerprint density at radius 2 is 2.10 bits per heavy atom. The lowest BCUT2D eigenvalue weighted by molar-refractivity contribution is -0.145. The molecule has 0 bridgehead atoms. The number of rotatable bonds is 6. The number of hydrogen-bond acceptors (Lipinski definition) is 4. The number of carbonyl (C=O) groups excluding carboxylic acids is 2. The van der Waals surface area contributed by atoms with E-state index < -0.39 is 12.0 Å². The normalized spacial score (nSPS) is 15.2. The molecule has 1 aliphatic carbocycles. The van der Waals surface area contributed by atoms with E-state index in [1.165, 1.54) is 14.2 Å². The SMILES string of the molecule is COC(=O)[C@@H](Cc1ccc(OC)c(Cl)c1)NC(=O)C1CC1. The molecule has 0 unspecified atom stereocenters. The van der Waals surface area contributed by atoms with Crippen LogP contribution in [0, 0.1) is 5.92 Å². The first-order valence-corrected chi connectivity index (χ1v) is 7.13. The maximum absolute atomic E-state index is 11.8. The molecule has 1 fully saturated rings. The third kappa shape index (κ3) is 4.11. The zero-order chi connectivity index (χ0) is 15.4. The fourth-order valence-electron chi connectivity index (χ4n) is 2.04. The van der Waals surface area contributed by atoms with Crippen LogP contribution in [0.4, 0.5) is 0 Å². The Morgan fingerprint density at radius 3 is 2.62 bits per heavy atom. The molecule has 0 aliphatic heterocycles. The van der Waals surface area contributed by atoms with Crippen LogP contribution in [0.1, 0.15) is 18.4 Å². The Bertz CT molecular complexity index is 542. The van der Waals surface area contributed by atoms with Gasteiger partial charge >= 0.3 is 5.97 Å². The van der Waals surface area contributed by atoms with Gasteiger partial charge in [0.15, 0.2) is 0 Å². The third-order valence-corrected chi connectivity index (χ3v) is 3.70. The topological polar surface area (TPSA) is 64.6 Å². The molecule has 1 aliphatic rings. The van der Waals surface area contributed by atoms with Crippen LogP contribution in [0.2, 0.25) is 5.02 Å². The van der Waals surface area contributed by atoms with Crippen molar-refractivity contribution in [3.63, 3.8) is 0 Å². The van der Waals surface area contributed by atoms with Crippen LogP contribution in [0.25, 0.3) is 0 Å². The van der Waals surface area contributed by atoms with Gasteiger partial charge in [0.25, 0.3) is 0 Å². The zero-order valence-electron chi connectivity index (χ0n) is 12.0. The Hall–Kier alpha value is -1.75. The summed E-state index contributed by atoms with van der Waals surface area (Å²) in [5.74, 6) is 0.0506. The first kappa shape index (κ1) is 15.6. The molecule has 1 N–H and O–H groups in total. The fraction of sp³-hybridized carbons (Fsp3) is 0.467. The second kappa shape index (κ2) is 6.80. The molecule has 0 saturated heterocycles. The van der Waals surface area contributed by atoms with Gasteiger partial charge in [0.2, 0.25) is 5.91 Å². The Morgan fingerprint density at radius 1 is 1.38 bits per heavy atom. The quantitative estimate of drug-likeness (QED) is 0.816. The molecule has 0 aromatic heterocycles. The van der Waals surface area contributed by atoms with E-state index in [1.54, 1.807) is 12.1 Å². The van der Waals surface area contributed by atoms with Crippen LogP contribution in [0.3, 0.4) is 0 Å². The van der Waals surface area contributed by atoms with Gasteiger partial charge < -0.3 is 14.8 Å². The smallest absolute Gasteiger partial charge is 0.328 e. The third-order valence-electron chi connectivity index (χ3n) is 3.41. The monoisotopic (exact) mass is 311 g/mol. The van der Waals surface area contributed by atoms with Gasteiger partial charge in [-0.05, 0) is 30.5 Å². The van der Waals surface area contributed by atoms with E-state index in [0.717, 1.165) is 18.4 Å². The summed E-state index contributed by atoms with van der Waals surface area (Å²) in [5.41, 5.74) is 0.826. The van der Waals surface area contributed by atoms with Gasteiger partial charge in [-0.1, -0.05) is 17.7 Å². The summed E-state index contributed by atoms with van der Waals surface area (Å²) in [7, 11) is 2.84. The number of ether oxygens (including phenoxy) is 2. The second-order valence-electron chi connectivity index (χ2n) is 5.03. The predicted octanol–water partition coefficient (Wildman–Crippen LogP) is 1.96. The van der Waals surface area contributed by atoms with E-state index in [2.05, 4.69) is 5.32 Å². The molecule has 1 aromatic carbocycles. The Kier molecular flexibility index (Phi) is 5.07. The van der Waals surface area contributed by atoms with E-state index in [4.69, 9.17) is 21.1 Å². The number of carbonyl (C=O) groups is 2. The Balaban J connectivity index is 2.08. The summed E-state index contributed by atoms with van der Waals surface area (Å²) >= 11 is 6.06. The van der Waals surface area contributed by atoms with Gasteiger partial charge in [-0.25, -0.2) is 4.79 Å². The van der Waals surface area contributed by atoms with Crippen LogP contribution in [-0.2, 0) is 20.7 Å². The van der Waals surface area contributed by atoms with Crippen molar-refractivity contribution in [3.8, 4) is 5.75 Å². The number of esters is 1. The molecular weight excluding hydrogens is 294 g/mol. The van der Waals surface area contributed by atoms with Crippen molar-refractivity contribution in [2.45, 2.75) is 25.3 Å². The van der Waals surface area contributed by atoms with Crippen LogP contribution >= 0.6 is 11.6 Å². The molecule has 1 amide bonds. The highest BCUT2D eigenvalue weighted by Crippen LogP contribution is 2.29. The van der Waals surface area contributed by atoms with Crippen molar-refractivity contribution in [3.05, 3.63) is 28.8 Å². The number of nitrogens with one attached hydrogen (secondary N) is 1. The van der Waals surface area contributed by atoms with Crippen molar-refractivity contribution in [2.24, 2.45) is 5.92 Å². The predicted molar refractivity (Wildman–Crippen MR) is 78.4 cm³/mol. The lowest BCUT2D eigenvalue weighted by Gasteiger charge is -2.17. The molecule has 0 radical (unpaired) electrons. The highest BCUT2D eigenvalue weighted by Gasteiger charge is 2.33. The minimum atomic E-state index is -0.701. The van der Waals surface area contributed by atoms with Crippen molar-refractivity contribution < 1.29 is 19.1 Å². The van der Waals surface area contributed by atoms with E-state index in [-0.39, 0.29) is 11.8 Å². The molecule has 5 nitrogen and oxygen atoms in total. The minimum Gasteiger partial charge on any atom is -0.495 e. The van der Waals surface area contributed by atoms with Crippen molar-refractivity contribution in [1.29, 1.82) is 0 Å². The minimum absolute atomic E-state index is 0.0385. The fourth-order valence-corrected chi connectivity index (χ4v) is 2.32. The number of methoxy groups -OCH3 is 2. The summed E-state index contributed by atoms with van der Waals surface area (Å²) in [5, 5.41) is 3.20. The van der Waals surface area contributed by atoms with E-state index in [9.17, 15) is 9.59 Å². The van der Waals surface area contributed by atoms with Gasteiger partial charge in [-0.2, -0.15) is 0 Å². The van der Waals surface area contributed by atoms with Gasteiger partial charge in [0, 0.05) is 12.3 Å². The lowest BCUT2D eigenvalue weighted by atomic mass is 10.1. The molecule has 6 heteroatoms. The average molecular weight is 312 g/mol. The van der Waals surface area contributed by atoms with Gasteiger partial charge in [0.05, 0.1) is 19.2 Å². The number of halogens is 1. The maximum atomic E-state index is 11.8. The van der Waals surface area contributed by atoms with Crippen molar-refractivity contribution >= 4 is 23.5 Å². The van der Waals surface area contributed by atoms with Crippen molar-refractivity contribution in [2.75, 3.05) is 14.2 Å². The summed E-state index contributed by atoms with van der Waals surface area (Å²) in [6, 6.07) is 4.56. The lowest BCUT2D eigenvalue weighted by Crippen LogP contribution is -2.43. The van der Waals surface area contributed by atoms with Crippen LogP contribution in [-0.4, -0.2) is 32.1 Å². The first-order chi connectivity index (χ1) is 10.0. The molecule has 1 saturated carbocycles. The molecule has 21 heavy (non-hydrogen) atoms. The highest BCUT2D eigenvalue weighted by molar-refractivity contribution is 6.32. The van der Waals surface area contributed by atoms with Crippen molar-refractivity contribution in [1.82, 2.24) is 5.32 Å². The molecular formula is C15H18ClNO4. The Labute approximate surface area is 128 Å². The van der Waals surface area contributed by atoms with Gasteiger partial charge in [-0.15, -0.1) is 0 Å². The van der Waals surface area contributed by atoms with Crippen LogP contribution in [0.15, 0.2) is 18.2 Å². The van der Waals surface area contributed by atoms with Crippen LogP contribution < -0.4 is 10.1 Å². The van der Waals surface area contributed by atoms with Gasteiger partial charge in [0.1, 0.15) is 11.8 Å². The first-order valence-electron chi connectivity index (χ1n) is 6.75. The van der Waals surface area contributed by atoms with Gasteiger partial charge in [-0.3, -0.25) is 4.79 Å². The summed E-state index contributed by atoms with van der Waals surface area (Å²) in [4.78, 5) is 23.6. The average Bonchev–Trinajstić information content (AvgIpc) is 3.30. The molecule has 0 heterocycles. The van der Waals surface area contributed by atoms with E-state index in [1.807, 2.05) is 6.07 Å². The largest absolute Gasteiger partial charge is 0.495 e. The number of benzene rings is 1. The molecule has 1 aromatic rings. The molecule has 114 valence electrons. The summed E-state index contributed by atoms with van der Waals surface area (Å²) in [6.45, 7) is 0.